The lowest BCUT2D eigenvalue weighted by Gasteiger charge is -2.30. The van der Waals surface area contributed by atoms with Crippen molar-refractivity contribution in [3.8, 4) is 11.4 Å². The summed E-state index contributed by atoms with van der Waals surface area (Å²) in [5.41, 5.74) is 0.991. The molecule has 1 heterocycles. The summed E-state index contributed by atoms with van der Waals surface area (Å²) < 4.78 is 0. The van der Waals surface area contributed by atoms with Crippen LogP contribution in [0.1, 0.15) is 39.5 Å². The number of nitrogens with zero attached hydrogens (tertiary/aromatic N) is 2. The maximum atomic E-state index is 12.4. The Morgan fingerprint density at radius 3 is 2.79 bits per heavy atom. The van der Waals surface area contributed by atoms with Crippen molar-refractivity contribution >= 4 is 17.7 Å². The third-order valence-corrected chi connectivity index (χ3v) is 5.56. The van der Waals surface area contributed by atoms with Gasteiger partial charge in [-0.25, -0.2) is 4.98 Å². The molecule has 2 aromatic rings. The van der Waals surface area contributed by atoms with Gasteiger partial charge in [0.05, 0.1) is 5.25 Å². The van der Waals surface area contributed by atoms with Crippen LogP contribution < -0.4 is 5.32 Å². The molecular weight excluding hydrogens is 320 g/mol. The molecule has 1 amide bonds. The number of aromatic amines is 1. The molecule has 2 N–H and O–H groups in total. The first-order valence-corrected chi connectivity index (χ1v) is 9.46. The maximum absolute atomic E-state index is 12.4. The number of amides is 1. The van der Waals surface area contributed by atoms with Crippen LogP contribution in [0.3, 0.4) is 0 Å². The fourth-order valence-corrected chi connectivity index (χ4v) is 3.80. The van der Waals surface area contributed by atoms with Crippen LogP contribution in [0.15, 0.2) is 35.5 Å². The minimum atomic E-state index is -0.210. The van der Waals surface area contributed by atoms with E-state index in [4.69, 9.17) is 0 Å². The van der Waals surface area contributed by atoms with E-state index in [1.54, 1.807) is 0 Å². The third-order valence-electron chi connectivity index (χ3n) is 4.60. The van der Waals surface area contributed by atoms with Gasteiger partial charge in [-0.15, -0.1) is 5.10 Å². The van der Waals surface area contributed by atoms with E-state index in [1.807, 2.05) is 37.3 Å². The molecule has 1 saturated carbocycles. The van der Waals surface area contributed by atoms with Crippen LogP contribution in [0.5, 0.6) is 0 Å². The van der Waals surface area contributed by atoms with E-state index < -0.39 is 0 Å². The number of thioether (sulfide) groups is 1. The van der Waals surface area contributed by atoms with E-state index in [-0.39, 0.29) is 11.2 Å². The molecule has 1 aromatic heterocycles. The summed E-state index contributed by atoms with van der Waals surface area (Å²) in [6.07, 6.45) is 4.77. The van der Waals surface area contributed by atoms with Crippen LogP contribution in [0.4, 0.5) is 0 Å². The van der Waals surface area contributed by atoms with Gasteiger partial charge in [-0.2, -0.15) is 0 Å². The monoisotopic (exact) mass is 344 g/mol. The first-order valence-electron chi connectivity index (χ1n) is 8.58. The molecule has 3 rings (SSSR count). The number of nitrogens with one attached hydrogen (secondary N) is 2. The summed E-state index contributed by atoms with van der Waals surface area (Å²) in [6.45, 7) is 4.13. The zero-order valence-electron chi connectivity index (χ0n) is 14.2. The molecule has 6 heteroatoms. The lowest BCUT2D eigenvalue weighted by Crippen LogP contribution is -2.44. The summed E-state index contributed by atoms with van der Waals surface area (Å²) >= 11 is 1.39. The Labute approximate surface area is 147 Å². The molecule has 1 aliphatic rings. The van der Waals surface area contributed by atoms with Crippen LogP contribution in [0, 0.1) is 5.92 Å². The number of hydrogen-bond donors (Lipinski definition) is 2. The summed E-state index contributed by atoms with van der Waals surface area (Å²) in [6, 6.07) is 10.2. The highest BCUT2D eigenvalue weighted by molar-refractivity contribution is 8.00. The molecule has 0 bridgehead atoms. The number of carbonyl (C=O) groups is 1. The molecule has 128 valence electrons. The van der Waals surface area contributed by atoms with Crippen LogP contribution in [0.2, 0.25) is 0 Å². The van der Waals surface area contributed by atoms with Crippen molar-refractivity contribution in [2.75, 3.05) is 0 Å². The first-order chi connectivity index (χ1) is 11.6. The minimum absolute atomic E-state index is 0.0739. The molecule has 0 radical (unpaired) electrons. The van der Waals surface area contributed by atoms with Gasteiger partial charge < -0.3 is 5.32 Å². The molecule has 0 aliphatic heterocycles. The minimum Gasteiger partial charge on any atom is -0.352 e. The molecule has 1 aromatic carbocycles. The van der Waals surface area contributed by atoms with Crippen molar-refractivity contribution in [3.05, 3.63) is 30.3 Å². The normalized spacial score (nSPS) is 22.1. The topological polar surface area (TPSA) is 70.7 Å². The van der Waals surface area contributed by atoms with Crippen molar-refractivity contribution < 1.29 is 4.79 Å². The van der Waals surface area contributed by atoms with E-state index in [9.17, 15) is 4.79 Å². The van der Waals surface area contributed by atoms with Crippen LogP contribution in [-0.4, -0.2) is 32.4 Å². The molecule has 24 heavy (non-hydrogen) atoms. The average molecular weight is 344 g/mol. The highest BCUT2D eigenvalue weighted by atomic mass is 32.2. The van der Waals surface area contributed by atoms with Crippen molar-refractivity contribution in [1.29, 1.82) is 0 Å². The van der Waals surface area contributed by atoms with Gasteiger partial charge in [0, 0.05) is 11.6 Å². The van der Waals surface area contributed by atoms with E-state index in [0.717, 1.165) is 17.8 Å². The molecular formula is C18H24N4OS. The lowest BCUT2D eigenvalue weighted by atomic mass is 9.86. The Bertz CT molecular complexity index is 673. The molecule has 5 nitrogen and oxygen atoms in total. The Balaban J connectivity index is 1.57. The summed E-state index contributed by atoms with van der Waals surface area (Å²) in [5.74, 6) is 1.37. The van der Waals surface area contributed by atoms with Gasteiger partial charge in [-0.3, -0.25) is 9.89 Å². The van der Waals surface area contributed by atoms with Crippen LogP contribution in [-0.2, 0) is 4.79 Å². The van der Waals surface area contributed by atoms with Gasteiger partial charge in [0.2, 0.25) is 11.1 Å². The van der Waals surface area contributed by atoms with E-state index in [0.29, 0.717) is 17.1 Å². The Morgan fingerprint density at radius 2 is 2.04 bits per heavy atom. The number of benzene rings is 1. The number of hydrogen-bond acceptors (Lipinski definition) is 4. The van der Waals surface area contributed by atoms with Gasteiger partial charge in [-0.1, -0.05) is 61.9 Å². The molecule has 0 saturated heterocycles. The average Bonchev–Trinajstić information content (AvgIpc) is 3.06. The van der Waals surface area contributed by atoms with Gasteiger partial charge in [0.25, 0.3) is 0 Å². The predicted molar refractivity (Wildman–Crippen MR) is 96.7 cm³/mol. The highest BCUT2D eigenvalue weighted by Crippen LogP contribution is 2.26. The zero-order valence-corrected chi connectivity index (χ0v) is 15.0. The number of aromatic nitrogens is 3. The van der Waals surface area contributed by atoms with E-state index in [2.05, 4.69) is 27.4 Å². The van der Waals surface area contributed by atoms with Crippen molar-refractivity contribution in [2.45, 2.75) is 56.0 Å². The highest BCUT2D eigenvalue weighted by Gasteiger charge is 2.25. The Hall–Kier alpha value is -1.82. The summed E-state index contributed by atoms with van der Waals surface area (Å²) in [7, 11) is 0. The van der Waals surface area contributed by atoms with E-state index in [1.165, 1.54) is 31.0 Å². The summed E-state index contributed by atoms with van der Waals surface area (Å²) in [4.78, 5) is 16.9. The molecule has 1 fully saturated rings. The van der Waals surface area contributed by atoms with Gasteiger partial charge in [0.15, 0.2) is 5.82 Å². The lowest BCUT2D eigenvalue weighted by molar-refractivity contribution is -0.121. The van der Waals surface area contributed by atoms with E-state index >= 15 is 0 Å². The quantitative estimate of drug-likeness (QED) is 0.812. The molecule has 0 unspecified atom stereocenters. The smallest absolute Gasteiger partial charge is 0.233 e. The van der Waals surface area contributed by atoms with Crippen molar-refractivity contribution in [1.82, 2.24) is 20.5 Å². The van der Waals surface area contributed by atoms with Crippen LogP contribution in [0.25, 0.3) is 11.4 Å². The molecule has 0 spiro atoms. The SMILES string of the molecule is C[C@@H]1CCCC[C@@H]1NC(=O)[C@@H](C)Sc1n[nH]c(-c2ccccc2)n1. The zero-order chi connectivity index (χ0) is 16.9. The predicted octanol–water partition coefficient (Wildman–Crippen LogP) is 3.65. The largest absolute Gasteiger partial charge is 0.352 e. The molecule has 1 aliphatic carbocycles. The second-order valence-electron chi connectivity index (χ2n) is 6.47. The van der Waals surface area contributed by atoms with Gasteiger partial charge in [0.1, 0.15) is 0 Å². The standard InChI is InChI=1S/C18H24N4OS/c1-12-8-6-7-11-15(12)19-17(23)13(2)24-18-20-16(21-22-18)14-9-4-3-5-10-14/h3-5,9-10,12-13,15H,6-8,11H2,1-2H3,(H,19,23)(H,20,21,22)/t12-,13-,15+/m1/s1. The third kappa shape index (κ3) is 4.17. The van der Waals surface area contributed by atoms with Gasteiger partial charge >= 0.3 is 0 Å². The summed E-state index contributed by atoms with van der Waals surface area (Å²) in [5, 5.41) is 10.8. The molecule has 3 atom stereocenters. The van der Waals surface area contributed by atoms with Crippen molar-refractivity contribution in [2.24, 2.45) is 5.92 Å². The fraction of sp³-hybridized carbons (Fsp3) is 0.500. The fourth-order valence-electron chi connectivity index (χ4n) is 3.07. The maximum Gasteiger partial charge on any atom is 0.233 e. The number of H-pyrrole nitrogens is 1. The second-order valence-corrected chi connectivity index (χ2v) is 7.78. The van der Waals surface area contributed by atoms with Crippen LogP contribution >= 0.6 is 11.8 Å². The Kier molecular flexibility index (Phi) is 5.56. The first kappa shape index (κ1) is 17.0. The number of rotatable bonds is 5. The van der Waals surface area contributed by atoms with Crippen molar-refractivity contribution in [3.63, 3.8) is 0 Å². The van der Waals surface area contributed by atoms with Gasteiger partial charge in [-0.05, 0) is 25.7 Å². The Morgan fingerprint density at radius 1 is 1.29 bits per heavy atom. The number of carbonyl (C=O) groups excluding carboxylic acids is 1. The second kappa shape index (κ2) is 7.83.